The molecule has 0 spiro atoms. The summed E-state index contributed by atoms with van der Waals surface area (Å²) in [6.07, 6.45) is 0. The van der Waals surface area contributed by atoms with Crippen LogP contribution in [0.15, 0.2) is 59.7 Å². The molecule has 0 aliphatic rings. The number of benzene rings is 2. The number of hydrogen-bond acceptors (Lipinski definition) is 5. The van der Waals surface area contributed by atoms with Crippen LogP contribution in [0.5, 0.6) is 5.75 Å². The molecule has 3 rings (SSSR count). The first-order chi connectivity index (χ1) is 14.8. The highest BCUT2D eigenvalue weighted by Gasteiger charge is 2.18. The number of aryl methyl sites for hydroxylation is 2. The molecule has 0 aliphatic heterocycles. The zero-order chi connectivity index (χ0) is 22.4. The Bertz CT molecular complexity index is 1130. The van der Waals surface area contributed by atoms with Gasteiger partial charge in [-0.15, -0.1) is 0 Å². The quantitative estimate of drug-likeness (QED) is 0.434. The van der Waals surface area contributed by atoms with Gasteiger partial charge in [0.15, 0.2) is 6.61 Å². The van der Waals surface area contributed by atoms with Crippen LogP contribution in [-0.2, 0) is 11.8 Å². The van der Waals surface area contributed by atoms with Crippen molar-refractivity contribution in [2.24, 2.45) is 12.1 Å². The SMILES string of the molecule is C/C(=N/NC(=O)c1c(Cl)c(C)nn1C)c1cccc(NC(=O)COc2ccccc2)c1. The summed E-state index contributed by atoms with van der Waals surface area (Å²) in [6, 6.07) is 16.2. The highest BCUT2D eigenvalue weighted by molar-refractivity contribution is 6.34. The second-order valence-corrected chi connectivity index (χ2v) is 7.12. The van der Waals surface area contributed by atoms with Crippen molar-refractivity contribution in [3.8, 4) is 5.75 Å². The molecule has 0 unspecified atom stereocenters. The molecule has 160 valence electrons. The van der Waals surface area contributed by atoms with Crippen molar-refractivity contribution in [1.82, 2.24) is 15.2 Å². The van der Waals surface area contributed by atoms with Gasteiger partial charge in [-0.3, -0.25) is 14.3 Å². The fourth-order valence-electron chi connectivity index (χ4n) is 2.82. The first-order valence-corrected chi connectivity index (χ1v) is 9.85. The molecule has 0 atom stereocenters. The predicted octanol–water partition coefficient (Wildman–Crippen LogP) is 3.55. The van der Waals surface area contributed by atoms with E-state index in [0.717, 1.165) is 5.56 Å². The van der Waals surface area contributed by atoms with E-state index in [4.69, 9.17) is 16.3 Å². The second-order valence-electron chi connectivity index (χ2n) is 6.74. The number of carbonyl (C=O) groups excluding carboxylic acids is 2. The Kier molecular flexibility index (Phi) is 7.04. The zero-order valence-corrected chi connectivity index (χ0v) is 18.1. The van der Waals surface area contributed by atoms with E-state index in [9.17, 15) is 9.59 Å². The lowest BCUT2D eigenvalue weighted by Gasteiger charge is -2.09. The van der Waals surface area contributed by atoms with Gasteiger partial charge < -0.3 is 10.1 Å². The maximum absolute atomic E-state index is 12.4. The van der Waals surface area contributed by atoms with Crippen molar-refractivity contribution in [3.05, 3.63) is 76.6 Å². The summed E-state index contributed by atoms with van der Waals surface area (Å²) in [5, 5.41) is 11.3. The number of halogens is 1. The molecule has 3 aromatic rings. The first-order valence-electron chi connectivity index (χ1n) is 9.47. The fraction of sp³-hybridized carbons (Fsp3) is 0.182. The fourth-order valence-corrected chi connectivity index (χ4v) is 3.06. The van der Waals surface area contributed by atoms with Crippen LogP contribution in [-0.4, -0.2) is 33.9 Å². The maximum Gasteiger partial charge on any atom is 0.291 e. The van der Waals surface area contributed by atoms with Crippen LogP contribution in [0, 0.1) is 6.92 Å². The average molecular weight is 440 g/mol. The van der Waals surface area contributed by atoms with Gasteiger partial charge in [-0.05, 0) is 43.7 Å². The molecule has 1 aromatic heterocycles. The maximum atomic E-state index is 12.4. The van der Waals surface area contributed by atoms with Gasteiger partial charge in [-0.25, -0.2) is 5.43 Å². The summed E-state index contributed by atoms with van der Waals surface area (Å²) in [5.41, 5.74) is 5.16. The van der Waals surface area contributed by atoms with Crippen molar-refractivity contribution in [3.63, 3.8) is 0 Å². The van der Waals surface area contributed by atoms with Crippen LogP contribution < -0.4 is 15.5 Å². The van der Waals surface area contributed by atoms with Gasteiger partial charge in [0.05, 0.1) is 16.4 Å². The normalized spacial score (nSPS) is 11.2. The molecule has 31 heavy (non-hydrogen) atoms. The minimum Gasteiger partial charge on any atom is -0.484 e. The van der Waals surface area contributed by atoms with Gasteiger partial charge in [-0.2, -0.15) is 10.2 Å². The lowest BCUT2D eigenvalue weighted by Crippen LogP contribution is -2.22. The summed E-state index contributed by atoms with van der Waals surface area (Å²) in [5.74, 6) is -0.131. The highest BCUT2D eigenvalue weighted by atomic mass is 35.5. The summed E-state index contributed by atoms with van der Waals surface area (Å²) < 4.78 is 6.85. The number of ether oxygens (including phenoxy) is 1. The molecule has 0 radical (unpaired) electrons. The molecule has 0 saturated heterocycles. The van der Waals surface area contributed by atoms with Crippen molar-refractivity contribution < 1.29 is 14.3 Å². The molecule has 0 bridgehead atoms. The predicted molar refractivity (Wildman–Crippen MR) is 120 cm³/mol. The molecule has 0 aliphatic carbocycles. The number of amides is 2. The highest BCUT2D eigenvalue weighted by Crippen LogP contribution is 2.19. The summed E-state index contributed by atoms with van der Waals surface area (Å²) in [6.45, 7) is 3.36. The zero-order valence-electron chi connectivity index (χ0n) is 17.3. The molecule has 2 N–H and O–H groups in total. The third-order valence-corrected chi connectivity index (χ3v) is 4.82. The largest absolute Gasteiger partial charge is 0.484 e. The molecule has 1 heterocycles. The van der Waals surface area contributed by atoms with Crippen LogP contribution in [0.25, 0.3) is 0 Å². The lowest BCUT2D eigenvalue weighted by molar-refractivity contribution is -0.118. The molecular formula is C22H22ClN5O3. The Balaban J connectivity index is 1.62. The Morgan fingerprint density at radius 3 is 2.58 bits per heavy atom. The standard InChI is InChI=1S/C22H22ClN5O3/c1-14(25-26-22(30)21-20(23)15(2)27-28(21)3)16-8-7-9-17(12-16)24-19(29)13-31-18-10-5-4-6-11-18/h4-12H,13H2,1-3H3,(H,24,29)(H,26,30)/b25-14-. The van der Waals surface area contributed by atoms with Crippen LogP contribution in [0.1, 0.15) is 28.7 Å². The van der Waals surface area contributed by atoms with E-state index in [1.54, 1.807) is 51.2 Å². The van der Waals surface area contributed by atoms with Crippen LogP contribution >= 0.6 is 11.6 Å². The molecule has 2 aromatic carbocycles. The number of hydrazone groups is 1. The molecule has 0 fully saturated rings. The Morgan fingerprint density at radius 2 is 1.90 bits per heavy atom. The van der Waals surface area contributed by atoms with Gasteiger partial charge >= 0.3 is 0 Å². The molecule has 2 amide bonds. The smallest absolute Gasteiger partial charge is 0.291 e. The van der Waals surface area contributed by atoms with Crippen molar-refractivity contribution in [1.29, 1.82) is 0 Å². The van der Waals surface area contributed by atoms with E-state index < -0.39 is 5.91 Å². The van der Waals surface area contributed by atoms with E-state index in [1.165, 1.54) is 4.68 Å². The summed E-state index contributed by atoms with van der Waals surface area (Å²) in [7, 11) is 1.64. The van der Waals surface area contributed by atoms with E-state index in [0.29, 0.717) is 22.8 Å². The van der Waals surface area contributed by atoms with E-state index >= 15 is 0 Å². The Morgan fingerprint density at radius 1 is 1.16 bits per heavy atom. The molecule has 0 saturated carbocycles. The second kappa shape index (κ2) is 9.90. The van der Waals surface area contributed by atoms with Crippen molar-refractivity contribution in [2.75, 3.05) is 11.9 Å². The number of aromatic nitrogens is 2. The van der Waals surface area contributed by atoms with E-state index in [-0.39, 0.29) is 23.2 Å². The Labute approximate surface area is 184 Å². The van der Waals surface area contributed by atoms with Crippen molar-refractivity contribution in [2.45, 2.75) is 13.8 Å². The summed E-state index contributed by atoms with van der Waals surface area (Å²) >= 11 is 6.13. The van der Waals surface area contributed by atoms with Crippen LogP contribution in [0.2, 0.25) is 5.02 Å². The van der Waals surface area contributed by atoms with Gasteiger partial charge in [0.25, 0.3) is 11.8 Å². The molecular weight excluding hydrogens is 418 g/mol. The number of carbonyl (C=O) groups is 2. The van der Waals surface area contributed by atoms with Crippen molar-refractivity contribution >= 4 is 34.8 Å². The van der Waals surface area contributed by atoms with Gasteiger partial charge in [0, 0.05) is 12.7 Å². The number of anilines is 1. The van der Waals surface area contributed by atoms with Gasteiger partial charge in [0.2, 0.25) is 0 Å². The van der Waals surface area contributed by atoms with E-state index in [2.05, 4.69) is 20.9 Å². The van der Waals surface area contributed by atoms with Crippen LogP contribution in [0.4, 0.5) is 5.69 Å². The monoisotopic (exact) mass is 439 g/mol. The third-order valence-electron chi connectivity index (χ3n) is 4.37. The van der Waals surface area contributed by atoms with Gasteiger partial charge in [-0.1, -0.05) is 41.9 Å². The number of rotatable bonds is 7. The number of para-hydroxylation sites is 1. The lowest BCUT2D eigenvalue weighted by atomic mass is 10.1. The molecule has 9 heteroatoms. The molecule has 8 nitrogen and oxygen atoms in total. The van der Waals surface area contributed by atoms with Gasteiger partial charge in [0.1, 0.15) is 11.4 Å². The minimum absolute atomic E-state index is 0.109. The number of nitrogens with zero attached hydrogens (tertiary/aromatic N) is 3. The Hall–Kier alpha value is -3.65. The number of nitrogens with one attached hydrogen (secondary N) is 2. The number of hydrogen-bond donors (Lipinski definition) is 2. The van der Waals surface area contributed by atoms with E-state index in [1.807, 2.05) is 24.3 Å². The summed E-state index contributed by atoms with van der Waals surface area (Å²) in [4.78, 5) is 24.6. The topological polar surface area (TPSA) is 97.6 Å². The minimum atomic E-state index is -0.463. The van der Waals surface area contributed by atoms with Crippen LogP contribution in [0.3, 0.4) is 0 Å². The average Bonchev–Trinajstić information content (AvgIpc) is 3.02. The first kappa shape index (κ1) is 22.0. The third kappa shape index (κ3) is 5.70.